The van der Waals surface area contributed by atoms with Gasteiger partial charge in [-0.3, -0.25) is 4.79 Å². The van der Waals surface area contributed by atoms with E-state index in [4.69, 9.17) is 4.74 Å². The normalized spacial score (nSPS) is 11.2. The molecule has 1 N–H and O–H groups in total. The molecular formula is C16H13F3INO2S. The molecule has 0 saturated carbocycles. The minimum absolute atomic E-state index is 0.0959. The van der Waals surface area contributed by atoms with Crippen molar-refractivity contribution in [2.75, 3.05) is 18.2 Å². The number of hydrogen-bond acceptors (Lipinski definition) is 3. The van der Waals surface area contributed by atoms with E-state index in [9.17, 15) is 18.0 Å². The third-order valence-electron chi connectivity index (χ3n) is 3.00. The van der Waals surface area contributed by atoms with Crippen molar-refractivity contribution < 1.29 is 22.7 Å². The summed E-state index contributed by atoms with van der Waals surface area (Å²) in [5.74, 6) is 0.439. The van der Waals surface area contributed by atoms with Crippen LogP contribution in [-0.2, 0) is 11.0 Å². The SMILES string of the molecule is COc1ccc(SCC(=O)Nc2cc(C(F)(F)F)ccc2I)cc1. The summed E-state index contributed by atoms with van der Waals surface area (Å²) in [7, 11) is 1.56. The molecule has 3 nitrogen and oxygen atoms in total. The Morgan fingerprint density at radius 2 is 1.88 bits per heavy atom. The van der Waals surface area contributed by atoms with E-state index in [1.54, 1.807) is 19.2 Å². The smallest absolute Gasteiger partial charge is 0.416 e. The second-order valence-electron chi connectivity index (χ2n) is 4.70. The fourth-order valence-electron chi connectivity index (χ4n) is 1.80. The summed E-state index contributed by atoms with van der Waals surface area (Å²) in [6.07, 6.45) is -4.44. The van der Waals surface area contributed by atoms with E-state index in [0.29, 0.717) is 9.32 Å². The maximum Gasteiger partial charge on any atom is 0.416 e. The lowest BCUT2D eigenvalue weighted by Gasteiger charge is -2.12. The lowest BCUT2D eigenvalue weighted by molar-refractivity contribution is -0.137. The van der Waals surface area contributed by atoms with Crippen molar-refractivity contribution in [3.8, 4) is 5.75 Å². The summed E-state index contributed by atoms with van der Waals surface area (Å²) in [6, 6.07) is 10.4. The van der Waals surface area contributed by atoms with E-state index in [-0.39, 0.29) is 17.3 Å². The van der Waals surface area contributed by atoms with Crippen molar-refractivity contribution >= 4 is 45.9 Å². The Bertz CT molecular complexity index is 720. The molecule has 2 rings (SSSR count). The molecule has 0 atom stereocenters. The molecule has 0 spiro atoms. The van der Waals surface area contributed by atoms with Crippen molar-refractivity contribution in [1.29, 1.82) is 0 Å². The Labute approximate surface area is 155 Å². The Kier molecular flexibility index (Phi) is 6.39. The van der Waals surface area contributed by atoms with Gasteiger partial charge in [-0.2, -0.15) is 13.2 Å². The number of hydrogen-bond donors (Lipinski definition) is 1. The van der Waals surface area contributed by atoms with Gasteiger partial charge in [-0.05, 0) is 65.1 Å². The van der Waals surface area contributed by atoms with Crippen LogP contribution in [0.5, 0.6) is 5.75 Å². The molecule has 128 valence electrons. The number of thioether (sulfide) groups is 1. The van der Waals surface area contributed by atoms with Gasteiger partial charge in [-0.25, -0.2) is 0 Å². The van der Waals surface area contributed by atoms with Crippen LogP contribution in [0.2, 0.25) is 0 Å². The highest BCUT2D eigenvalue weighted by atomic mass is 127. The fraction of sp³-hybridized carbons (Fsp3) is 0.188. The van der Waals surface area contributed by atoms with E-state index < -0.39 is 11.7 Å². The molecule has 0 bridgehead atoms. The van der Waals surface area contributed by atoms with Gasteiger partial charge in [0, 0.05) is 8.47 Å². The molecule has 2 aromatic carbocycles. The van der Waals surface area contributed by atoms with E-state index in [0.717, 1.165) is 17.0 Å². The minimum Gasteiger partial charge on any atom is -0.497 e. The van der Waals surface area contributed by atoms with Crippen LogP contribution in [0.4, 0.5) is 18.9 Å². The highest BCUT2D eigenvalue weighted by Gasteiger charge is 2.31. The summed E-state index contributed by atoms with van der Waals surface area (Å²) in [6.45, 7) is 0. The van der Waals surface area contributed by atoms with Gasteiger partial charge in [0.05, 0.1) is 24.1 Å². The van der Waals surface area contributed by atoms with E-state index in [1.807, 2.05) is 34.7 Å². The number of nitrogens with one attached hydrogen (secondary N) is 1. The first-order valence-electron chi connectivity index (χ1n) is 6.73. The highest BCUT2D eigenvalue weighted by molar-refractivity contribution is 14.1. The molecular weight excluding hydrogens is 454 g/mol. The maximum atomic E-state index is 12.7. The number of alkyl halides is 3. The number of rotatable bonds is 5. The quantitative estimate of drug-likeness (QED) is 0.494. The number of ether oxygens (including phenoxy) is 1. The second kappa shape index (κ2) is 8.11. The molecule has 0 heterocycles. The molecule has 8 heteroatoms. The van der Waals surface area contributed by atoms with Gasteiger partial charge in [0.15, 0.2) is 0 Å². The largest absolute Gasteiger partial charge is 0.497 e. The predicted molar refractivity (Wildman–Crippen MR) is 96.5 cm³/mol. The number of carbonyl (C=O) groups excluding carboxylic acids is 1. The van der Waals surface area contributed by atoms with Gasteiger partial charge in [0.1, 0.15) is 5.75 Å². The van der Waals surface area contributed by atoms with Crippen LogP contribution in [0.1, 0.15) is 5.56 Å². The maximum absolute atomic E-state index is 12.7. The lowest BCUT2D eigenvalue weighted by atomic mass is 10.2. The highest BCUT2D eigenvalue weighted by Crippen LogP contribution is 2.32. The molecule has 0 unspecified atom stereocenters. The molecule has 24 heavy (non-hydrogen) atoms. The zero-order chi connectivity index (χ0) is 17.7. The molecule has 1 amide bonds. The number of amides is 1. The third-order valence-corrected chi connectivity index (χ3v) is 4.95. The Morgan fingerprint density at radius 1 is 1.21 bits per heavy atom. The number of halogens is 4. The molecule has 0 aliphatic heterocycles. The molecule has 2 aromatic rings. The van der Waals surface area contributed by atoms with Gasteiger partial charge >= 0.3 is 6.18 Å². The first kappa shape index (κ1) is 18.9. The minimum atomic E-state index is -4.44. The summed E-state index contributed by atoms with van der Waals surface area (Å²) in [5.41, 5.74) is -0.633. The molecule has 0 aromatic heterocycles. The van der Waals surface area contributed by atoms with Gasteiger partial charge in [0.2, 0.25) is 5.91 Å². The number of methoxy groups -OCH3 is 1. The fourth-order valence-corrected chi connectivity index (χ4v) is 2.97. The second-order valence-corrected chi connectivity index (χ2v) is 6.92. The standard InChI is InChI=1S/C16H13F3INO2S/c1-23-11-3-5-12(6-4-11)24-9-15(22)21-14-8-10(16(17,18)19)2-7-13(14)20/h2-8H,9H2,1H3,(H,21,22). The number of carbonyl (C=O) groups is 1. The summed E-state index contributed by atoms with van der Waals surface area (Å²) in [5, 5.41) is 2.52. The molecule has 0 fully saturated rings. The van der Waals surface area contributed by atoms with Gasteiger partial charge in [-0.15, -0.1) is 11.8 Å². The third kappa shape index (κ3) is 5.30. The van der Waals surface area contributed by atoms with Crippen molar-refractivity contribution in [3.63, 3.8) is 0 Å². The van der Waals surface area contributed by atoms with E-state index in [2.05, 4.69) is 5.32 Å². The van der Waals surface area contributed by atoms with Gasteiger partial charge in [0.25, 0.3) is 0 Å². The van der Waals surface area contributed by atoms with Crippen LogP contribution >= 0.6 is 34.4 Å². The summed E-state index contributed by atoms with van der Waals surface area (Å²) < 4.78 is 43.8. The monoisotopic (exact) mass is 467 g/mol. The topological polar surface area (TPSA) is 38.3 Å². The number of benzene rings is 2. The Morgan fingerprint density at radius 3 is 2.46 bits per heavy atom. The molecule has 0 radical (unpaired) electrons. The van der Waals surface area contributed by atoms with Crippen LogP contribution in [-0.4, -0.2) is 18.8 Å². The predicted octanol–water partition coefficient (Wildman–Crippen LogP) is 5.05. The molecule has 0 saturated heterocycles. The van der Waals surface area contributed by atoms with Crippen molar-refractivity contribution in [3.05, 3.63) is 51.6 Å². The zero-order valence-electron chi connectivity index (χ0n) is 12.5. The number of anilines is 1. The average molecular weight is 467 g/mol. The van der Waals surface area contributed by atoms with Crippen LogP contribution in [0.25, 0.3) is 0 Å². The Balaban J connectivity index is 1.99. The Hall–Kier alpha value is -1.42. The zero-order valence-corrected chi connectivity index (χ0v) is 15.5. The van der Waals surface area contributed by atoms with Crippen molar-refractivity contribution in [2.45, 2.75) is 11.1 Å². The van der Waals surface area contributed by atoms with Crippen molar-refractivity contribution in [1.82, 2.24) is 0 Å². The van der Waals surface area contributed by atoms with Crippen LogP contribution in [0, 0.1) is 3.57 Å². The summed E-state index contributed by atoms with van der Waals surface area (Å²) >= 11 is 3.17. The first-order chi connectivity index (χ1) is 11.3. The average Bonchev–Trinajstić information content (AvgIpc) is 2.54. The van der Waals surface area contributed by atoms with Gasteiger partial charge < -0.3 is 10.1 Å². The molecule has 0 aliphatic carbocycles. The lowest BCUT2D eigenvalue weighted by Crippen LogP contribution is -2.16. The van der Waals surface area contributed by atoms with Gasteiger partial charge in [-0.1, -0.05) is 0 Å². The first-order valence-corrected chi connectivity index (χ1v) is 8.79. The van der Waals surface area contributed by atoms with Crippen LogP contribution in [0.15, 0.2) is 47.4 Å². The summed E-state index contributed by atoms with van der Waals surface area (Å²) in [4.78, 5) is 12.8. The molecule has 0 aliphatic rings. The van der Waals surface area contributed by atoms with Crippen molar-refractivity contribution in [2.24, 2.45) is 0 Å². The van der Waals surface area contributed by atoms with Crippen LogP contribution < -0.4 is 10.1 Å². The van der Waals surface area contributed by atoms with E-state index in [1.165, 1.54) is 17.8 Å². The van der Waals surface area contributed by atoms with Crippen LogP contribution in [0.3, 0.4) is 0 Å². The van der Waals surface area contributed by atoms with E-state index >= 15 is 0 Å².